The van der Waals surface area contributed by atoms with Gasteiger partial charge < -0.3 is 10.4 Å². The van der Waals surface area contributed by atoms with Crippen LogP contribution in [0.25, 0.3) is 0 Å². The van der Waals surface area contributed by atoms with E-state index in [4.69, 9.17) is 0 Å². The molecule has 2 N–H and O–H groups in total. The molecule has 0 unspecified atom stereocenters. The number of aliphatic hydroxyl groups is 1. The van der Waals surface area contributed by atoms with Crippen molar-refractivity contribution in [1.82, 2.24) is 15.1 Å². The lowest BCUT2D eigenvalue weighted by atomic mass is 10.0. The monoisotopic (exact) mass is 318 g/mol. The third kappa shape index (κ3) is 3.54. The first-order chi connectivity index (χ1) is 10.9. The first-order valence-electron chi connectivity index (χ1n) is 7.02. The summed E-state index contributed by atoms with van der Waals surface area (Å²) in [6, 6.07) is 8.50. The molecule has 1 aromatic carbocycles. The zero-order valence-corrected chi connectivity index (χ0v) is 12.8. The molecule has 2 aromatic rings. The van der Waals surface area contributed by atoms with E-state index in [0.29, 0.717) is 0 Å². The highest BCUT2D eigenvalue weighted by atomic mass is 16.6. The Kier molecular flexibility index (Phi) is 4.75. The van der Waals surface area contributed by atoms with Crippen molar-refractivity contribution in [2.75, 3.05) is 6.61 Å². The van der Waals surface area contributed by atoms with Crippen molar-refractivity contribution >= 4 is 11.6 Å². The van der Waals surface area contributed by atoms with Gasteiger partial charge in [0.25, 0.3) is 0 Å². The maximum atomic E-state index is 12.5. The fraction of sp³-hybridized carbons (Fsp3) is 0.333. The molecule has 0 saturated heterocycles. The number of hydrogen-bond acceptors (Lipinski definition) is 5. The van der Waals surface area contributed by atoms with E-state index in [1.165, 1.54) is 10.9 Å². The van der Waals surface area contributed by atoms with Crippen LogP contribution in [-0.4, -0.2) is 32.3 Å². The van der Waals surface area contributed by atoms with Crippen LogP contribution in [0.1, 0.15) is 25.5 Å². The number of benzene rings is 1. The van der Waals surface area contributed by atoms with E-state index < -0.39 is 22.4 Å². The lowest BCUT2D eigenvalue weighted by Gasteiger charge is -2.27. The highest BCUT2D eigenvalue weighted by molar-refractivity contribution is 5.84. The van der Waals surface area contributed by atoms with Crippen LogP contribution in [0, 0.1) is 10.1 Å². The van der Waals surface area contributed by atoms with Gasteiger partial charge in [-0.2, -0.15) is 5.10 Å². The molecule has 1 amide bonds. The number of nitro groups is 1. The van der Waals surface area contributed by atoms with Crippen molar-refractivity contribution < 1.29 is 14.8 Å². The van der Waals surface area contributed by atoms with Crippen LogP contribution in [-0.2, 0) is 10.3 Å². The largest absolute Gasteiger partial charge is 0.394 e. The van der Waals surface area contributed by atoms with Gasteiger partial charge in [-0.25, -0.2) is 0 Å². The van der Waals surface area contributed by atoms with Gasteiger partial charge in [0.15, 0.2) is 0 Å². The standard InChI is InChI=1S/C15H18N4O4/c1-15(2,18-9-12(8-16-18)19(22)23)14(21)17-13(10-20)11-6-4-3-5-7-11/h3-9,13,20H,10H2,1-2H3,(H,17,21)/t13-/m1/s1. The minimum absolute atomic E-state index is 0.187. The summed E-state index contributed by atoms with van der Waals surface area (Å²) in [6.07, 6.45) is 2.30. The van der Waals surface area contributed by atoms with Gasteiger partial charge in [0, 0.05) is 0 Å². The van der Waals surface area contributed by atoms with E-state index in [9.17, 15) is 20.0 Å². The number of amides is 1. The van der Waals surface area contributed by atoms with Crippen LogP contribution in [0.15, 0.2) is 42.7 Å². The Labute approximate surface area is 132 Å². The summed E-state index contributed by atoms with van der Waals surface area (Å²) < 4.78 is 1.24. The fourth-order valence-corrected chi connectivity index (χ4v) is 2.07. The van der Waals surface area contributed by atoms with Crippen molar-refractivity contribution in [2.45, 2.75) is 25.4 Å². The molecule has 1 atom stereocenters. The first kappa shape index (κ1) is 16.6. The summed E-state index contributed by atoms with van der Waals surface area (Å²) in [5.74, 6) is -0.404. The van der Waals surface area contributed by atoms with E-state index in [-0.39, 0.29) is 12.3 Å². The minimum Gasteiger partial charge on any atom is -0.394 e. The molecular weight excluding hydrogens is 300 g/mol. The molecule has 0 spiro atoms. The molecule has 0 radical (unpaired) electrons. The highest BCUT2D eigenvalue weighted by Gasteiger charge is 2.33. The molecule has 1 heterocycles. The number of carbonyl (C=O) groups is 1. The van der Waals surface area contributed by atoms with Gasteiger partial charge in [-0.15, -0.1) is 0 Å². The number of aromatic nitrogens is 2. The average molecular weight is 318 g/mol. The predicted molar refractivity (Wildman–Crippen MR) is 82.6 cm³/mol. The number of nitrogens with zero attached hydrogens (tertiary/aromatic N) is 3. The molecule has 8 heteroatoms. The summed E-state index contributed by atoms with van der Waals surface area (Å²) >= 11 is 0. The lowest BCUT2D eigenvalue weighted by molar-refractivity contribution is -0.385. The van der Waals surface area contributed by atoms with Crippen LogP contribution in [0.5, 0.6) is 0 Å². The second kappa shape index (κ2) is 6.57. The van der Waals surface area contributed by atoms with Gasteiger partial charge in [-0.05, 0) is 19.4 Å². The Morgan fingerprint density at radius 3 is 2.61 bits per heavy atom. The molecule has 0 fully saturated rings. The smallest absolute Gasteiger partial charge is 0.307 e. The van der Waals surface area contributed by atoms with Crippen LogP contribution in [0.4, 0.5) is 5.69 Å². The molecule has 0 aliphatic carbocycles. The molecule has 0 bridgehead atoms. The van der Waals surface area contributed by atoms with E-state index in [1.807, 2.05) is 18.2 Å². The minimum atomic E-state index is -1.14. The predicted octanol–water partition coefficient (Wildman–Crippen LogP) is 1.38. The highest BCUT2D eigenvalue weighted by Crippen LogP contribution is 2.20. The van der Waals surface area contributed by atoms with Crippen molar-refractivity contribution in [3.63, 3.8) is 0 Å². The van der Waals surface area contributed by atoms with Gasteiger partial charge in [-0.1, -0.05) is 30.3 Å². The van der Waals surface area contributed by atoms with Crippen molar-refractivity contribution in [1.29, 1.82) is 0 Å². The van der Waals surface area contributed by atoms with Gasteiger partial charge in [-0.3, -0.25) is 19.6 Å². The molecule has 122 valence electrons. The SMILES string of the molecule is CC(C)(C(=O)N[C@H](CO)c1ccccc1)n1cc([N+](=O)[O-])cn1. The molecule has 23 heavy (non-hydrogen) atoms. The number of aliphatic hydroxyl groups excluding tert-OH is 1. The van der Waals surface area contributed by atoms with Gasteiger partial charge in [0.05, 0.1) is 17.6 Å². The molecule has 0 aliphatic rings. The summed E-state index contributed by atoms with van der Waals surface area (Å²) in [4.78, 5) is 22.7. The summed E-state index contributed by atoms with van der Waals surface area (Å²) in [7, 11) is 0. The number of nitrogens with one attached hydrogen (secondary N) is 1. The van der Waals surface area contributed by atoms with Crippen LogP contribution in [0.2, 0.25) is 0 Å². The third-order valence-corrected chi connectivity index (χ3v) is 3.60. The van der Waals surface area contributed by atoms with E-state index in [2.05, 4.69) is 10.4 Å². The van der Waals surface area contributed by atoms with Gasteiger partial charge in [0.1, 0.15) is 17.9 Å². The summed E-state index contributed by atoms with van der Waals surface area (Å²) in [6.45, 7) is 2.93. The fourth-order valence-electron chi connectivity index (χ4n) is 2.07. The summed E-state index contributed by atoms with van der Waals surface area (Å²) in [5.41, 5.74) is -0.561. The van der Waals surface area contributed by atoms with Crippen LogP contribution < -0.4 is 5.32 Å². The molecular formula is C15H18N4O4. The van der Waals surface area contributed by atoms with Gasteiger partial charge in [0.2, 0.25) is 5.91 Å². The van der Waals surface area contributed by atoms with Crippen molar-refractivity contribution in [3.8, 4) is 0 Å². The molecule has 8 nitrogen and oxygen atoms in total. The number of carbonyl (C=O) groups excluding carboxylic acids is 1. The van der Waals surface area contributed by atoms with E-state index >= 15 is 0 Å². The molecule has 0 saturated carbocycles. The number of rotatable bonds is 6. The average Bonchev–Trinajstić information content (AvgIpc) is 3.04. The van der Waals surface area contributed by atoms with E-state index in [0.717, 1.165) is 11.8 Å². The van der Waals surface area contributed by atoms with Gasteiger partial charge >= 0.3 is 5.69 Å². The third-order valence-electron chi connectivity index (χ3n) is 3.60. The summed E-state index contributed by atoms with van der Waals surface area (Å²) in [5, 5.41) is 26.9. The Morgan fingerprint density at radius 2 is 2.09 bits per heavy atom. The van der Waals surface area contributed by atoms with Crippen molar-refractivity contribution in [2.24, 2.45) is 0 Å². The zero-order chi connectivity index (χ0) is 17.0. The Hall–Kier alpha value is -2.74. The van der Waals surface area contributed by atoms with Crippen molar-refractivity contribution in [3.05, 3.63) is 58.4 Å². The normalized spacial score (nSPS) is 12.7. The first-order valence-corrected chi connectivity index (χ1v) is 7.02. The Morgan fingerprint density at radius 1 is 1.43 bits per heavy atom. The quantitative estimate of drug-likeness (QED) is 0.617. The molecule has 1 aromatic heterocycles. The maximum Gasteiger partial charge on any atom is 0.307 e. The molecule has 0 aliphatic heterocycles. The lowest BCUT2D eigenvalue weighted by Crippen LogP contribution is -2.46. The Balaban J connectivity index is 2.18. The van der Waals surface area contributed by atoms with E-state index in [1.54, 1.807) is 26.0 Å². The van der Waals surface area contributed by atoms with Crippen LogP contribution in [0.3, 0.4) is 0 Å². The second-order valence-corrected chi connectivity index (χ2v) is 5.58. The zero-order valence-electron chi connectivity index (χ0n) is 12.8. The second-order valence-electron chi connectivity index (χ2n) is 5.58. The molecule has 2 rings (SSSR count). The van der Waals surface area contributed by atoms with Crippen LogP contribution >= 0.6 is 0 Å². The Bertz CT molecular complexity index is 697. The topological polar surface area (TPSA) is 110 Å². The maximum absolute atomic E-state index is 12.5. The number of hydrogen-bond donors (Lipinski definition) is 2.